The lowest BCUT2D eigenvalue weighted by molar-refractivity contribution is -0.136. The fraction of sp³-hybridized carbons (Fsp3) is 0.222. The Balaban J connectivity index is 1.40. The van der Waals surface area contributed by atoms with Crippen LogP contribution >= 0.6 is 23.4 Å². The maximum Gasteiger partial charge on any atom is 0.304 e. The summed E-state index contributed by atoms with van der Waals surface area (Å²) in [6.45, 7) is 0.249. The van der Waals surface area contributed by atoms with E-state index < -0.39 is 11.8 Å². The lowest BCUT2D eigenvalue weighted by atomic mass is 10.0. The summed E-state index contributed by atoms with van der Waals surface area (Å²) in [6.07, 6.45) is 5.60. The SMILES string of the molecule is O=C(O)CCSC1c2cnccc2CCc2ccc(OCc3ccc4cc(F)c(Cl)cc4n3)cc21. The van der Waals surface area contributed by atoms with E-state index in [1.165, 1.54) is 23.3 Å². The summed E-state index contributed by atoms with van der Waals surface area (Å²) >= 11 is 7.53. The molecule has 1 atom stereocenters. The summed E-state index contributed by atoms with van der Waals surface area (Å²) in [7, 11) is 0. The number of aryl methyl sites for hydroxylation is 2. The molecule has 5 rings (SSSR count). The number of halogens is 2. The van der Waals surface area contributed by atoms with E-state index in [1.807, 2.05) is 30.5 Å². The molecule has 1 N–H and O–H groups in total. The zero-order valence-corrected chi connectivity index (χ0v) is 20.3. The third-order valence-electron chi connectivity index (χ3n) is 6.07. The summed E-state index contributed by atoms with van der Waals surface area (Å²) in [5.41, 5.74) is 6.02. The standard InChI is InChI=1S/C27H22ClFN2O3S/c28-23-13-25-18(11-24(23)29)3-5-19(31-25)15-34-20-6-4-16-1-2-17-7-9-30-14-22(17)27(21(16)12-20)35-10-8-26(32)33/h3-7,9,11-14,27H,1-2,8,10,15H2,(H,32,33). The Bertz CT molecular complexity index is 1410. The first-order chi connectivity index (χ1) is 17.0. The van der Waals surface area contributed by atoms with Gasteiger partial charge in [-0.25, -0.2) is 9.37 Å². The van der Waals surface area contributed by atoms with Gasteiger partial charge >= 0.3 is 5.97 Å². The van der Waals surface area contributed by atoms with Gasteiger partial charge in [0.25, 0.3) is 0 Å². The van der Waals surface area contributed by atoms with Gasteiger partial charge in [0.05, 0.1) is 27.9 Å². The topological polar surface area (TPSA) is 72.3 Å². The van der Waals surface area contributed by atoms with Crippen molar-refractivity contribution in [1.29, 1.82) is 0 Å². The van der Waals surface area contributed by atoms with Crippen LogP contribution < -0.4 is 4.74 Å². The number of carboxylic acids is 1. The van der Waals surface area contributed by atoms with Gasteiger partial charge in [0.15, 0.2) is 0 Å². The maximum atomic E-state index is 13.7. The van der Waals surface area contributed by atoms with E-state index in [-0.39, 0.29) is 23.3 Å². The first-order valence-corrected chi connectivity index (χ1v) is 12.7. The van der Waals surface area contributed by atoms with Crippen molar-refractivity contribution in [2.75, 3.05) is 5.75 Å². The molecular formula is C27H22ClFN2O3S. The molecule has 2 heterocycles. The van der Waals surface area contributed by atoms with Gasteiger partial charge in [-0.1, -0.05) is 23.7 Å². The lowest BCUT2D eigenvalue weighted by Crippen LogP contribution is -2.05. The van der Waals surface area contributed by atoms with Crippen LogP contribution in [0.1, 0.15) is 39.6 Å². The van der Waals surface area contributed by atoms with Crippen LogP contribution in [0.4, 0.5) is 4.39 Å². The van der Waals surface area contributed by atoms with Gasteiger partial charge in [-0.3, -0.25) is 9.78 Å². The molecular weight excluding hydrogens is 487 g/mol. The number of benzene rings is 2. The number of ether oxygens (including phenoxy) is 1. The third kappa shape index (κ3) is 5.26. The summed E-state index contributed by atoms with van der Waals surface area (Å²) < 4.78 is 19.8. The highest BCUT2D eigenvalue weighted by molar-refractivity contribution is 7.99. The number of fused-ring (bicyclic) bond motifs is 3. The van der Waals surface area contributed by atoms with Crippen molar-refractivity contribution in [3.8, 4) is 5.75 Å². The molecule has 0 spiro atoms. The fourth-order valence-corrected chi connectivity index (χ4v) is 5.79. The predicted octanol–water partition coefficient (Wildman–Crippen LogP) is 6.40. The number of carbonyl (C=O) groups is 1. The number of aromatic nitrogens is 2. The highest BCUT2D eigenvalue weighted by Crippen LogP contribution is 2.43. The Morgan fingerprint density at radius 3 is 2.77 bits per heavy atom. The number of thioether (sulfide) groups is 1. The van der Waals surface area contributed by atoms with Gasteiger partial charge in [0, 0.05) is 23.5 Å². The largest absolute Gasteiger partial charge is 0.487 e. The van der Waals surface area contributed by atoms with Crippen LogP contribution in [0.2, 0.25) is 5.02 Å². The molecule has 5 nitrogen and oxygen atoms in total. The van der Waals surface area contributed by atoms with E-state index in [0.717, 1.165) is 24.0 Å². The van der Waals surface area contributed by atoms with Crippen LogP contribution in [-0.4, -0.2) is 26.8 Å². The van der Waals surface area contributed by atoms with Crippen LogP contribution in [0.3, 0.4) is 0 Å². The van der Waals surface area contributed by atoms with Crippen molar-refractivity contribution in [3.63, 3.8) is 0 Å². The highest BCUT2D eigenvalue weighted by Gasteiger charge is 2.25. The van der Waals surface area contributed by atoms with E-state index in [0.29, 0.717) is 28.1 Å². The van der Waals surface area contributed by atoms with Gasteiger partial charge < -0.3 is 9.84 Å². The minimum absolute atomic E-state index is 0.0186. The molecule has 178 valence electrons. The summed E-state index contributed by atoms with van der Waals surface area (Å²) in [5.74, 6) is -0.0635. The summed E-state index contributed by atoms with van der Waals surface area (Å²) in [5, 5.41) is 9.82. The average molecular weight is 509 g/mol. The first kappa shape index (κ1) is 23.6. The van der Waals surface area contributed by atoms with Gasteiger partial charge in [-0.15, -0.1) is 11.8 Å². The average Bonchev–Trinajstić information content (AvgIpc) is 3.00. The number of rotatable bonds is 7. The first-order valence-electron chi connectivity index (χ1n) is 11.2. The molecule has 1 aliphatic carbocycles. The third-order valence-corrected chi connectivity index (χ3v) is 7.64. The molecule has 0 saturated carbocycles. The molecule has 35 heavy (non-hydrogen) atoms. The Kier molecular flexibility index (Phi) is 6.88. The van der Waals surface area contributed by atoms with E-state index in [9.17, 15) is 9.18 Å². The lowest BCUT2D eigenvalue weighted by Gasteiger charge is -2.20. The van der Waals surface area contributed by atoms with E-state index >= 15 is 0 Å². The Morgan fingerprint density at radius 1 is 1.11 bits per heavy atom. The number of hydrogen-bond donors (Lipinski definition) is 1. The predicted molar refractivity (Wildman–Crippen MR) is 136 cm³/mol. The van der Waals surface area contributed by atoms with Gasteiger partial charge in [-0.05, 0) is 71.5 Å². The molecule has 0 bridgehead atoms. The Labute approximate surface area is 211 Å². The number of nitrogens with zero attached hydrogens (tertiary/aromatic N) is 2. The Morgan fingerprint density at radius 2 is 1.94 bits per heavy atom. The minimum Gasteiger partial charge on any atom is -0.487 e. The van der Waals surface area contributed by atoms with Crippen molar-refractivity contribution in [3.05, 3.63) is 99.7 Å². The summed E-state index contributed by atoms with van der Waals surface area (Å²) in [6, 6.07) is 14.6. The van der Waals surface area contributed by atoms with Crippen LogP contribution in [0.25, 0.3) is 10.9 Å². The number of carboxylic acid groups (broad SMARTS) is 1. The van der Waals surface area contributed by atoms with Crippen LogP contribution in [-0.2, 0) is 24.2 Å². The normalized spacial score (nSPS) is 14.7. The number of hydrogen-bond acceptors (Lipinski definition) is 5. The number of aliphatic carboxylic acids is 1. The monoisotopic (exact) mass is 508 g/mol. The van der Waals surface area contributed by atoms with E-state index in [2.05, 4.69) is 16.0 Å². The van der Waals surface area contributed by atoms with Crippen molar-refractivity contribution >= 4 is 40.2 Å². The van der Waals surface area contributed by atoms with Crippen molar-refractivity contribution in [2.24, 2.45) is 0 Å². The molecule has 2 aromatic heterocycles. The second-order valence-corrected chi connectivity index (χ2v) is 10.0. The summed E-state index contributed by atoms with van der Waals surface area (Å²) in [4.78, 5) is 20.0. The molecule has 0 amide bonds. The van der Waals surface area contributed by atoms with Gasteiger partial charge in [0.1, 0.15) is 18.2 Å². The maximum absolute atomic E-state index is 13.7. The quantitative estimate of drug-likeness (QED) is 0.311. The van der Waals surface area contributed by atoms with E-state index in [4.69, 9.17) is 21.4 Å². The molecule has 0 fully saturated rings. The van der Waals surface area contributed by atoms with Gasteiger partial charge in [0.2, 0.25) is 0 Å². The zero-order chi connectivity index (χ0) is 24.4. The van der Waals surface area contributed by atoms with Gasteiger partial charge in [-0.2, -0.15) is 0 Å². The van der Waals surface area contributed by atoms with Crippen molar-refractivity contribution in [1.82, 2.24) is 9.97 Å². The second kappa shape index (κ2) is 10.2. The van der Waals surface area contributed by atoms with E-state index in [1.54, 1.807) is 24.0 Å². The van der Waals surface area contributed by atoms with Crippen molar-refractivity contribution in [2.45, 2.75) is 31.1 Å². The smallest absolute Gasteiger partial charge is 0.304 e. The van der Waals surface area contributed by atoms with Crippen molar-refractivity contribution < 1.29 is 19.0 Å². The van der Waals surface area contributed by atoms with Crippen LogP contribution in [0.15, 0.2) is 60.9 Å². The number of pyridine rings is 2. The molecule has 0 aliphatic heterocycles. The molecule has 1 unspecified atom stereocenters. The minimum atomic E-state index is -0.804. The molecule has 4 aromatic rings. The zero-order valence-electron chi connectivity index (χ0n) is 18.7. The van der Waals surface area contributed by atoms with Crippen LogP contribution in [0.5, 0.6) is 5.75 Å². The molecule has 0 radical (unpaired) electrons. The van der Waals surface area contributed by atoms with Crippen LogP contribution in [0, 0.1) is 5.82 Å². The molecule has 1 aliphatic rings. The molecule has 2 aromatic carbocycles. The highest BCUT2D eigenvalue weighted by atomic mass is 35.5. The molecule has 0 saturated heterocycles. The molecule has 8 heteroatoms. The second-order valence-electron chi connectivity index (χ2n) is 8.38. The fourth-order valence-electron chi connectivity index (χ4n) is 4.31. The Hall–Kier alpha value is -3.16.